The van der Waals surface area contributed by atoms with Gasteiger partial charge in [0.05, 0.1) is 16.8 Å². The zero-order chi connectivity index (χ0) is 16.2. The van der Waals surface area contributed by atoms with Crippen LogP contribution in [0.3, 0.4) is 0 Å². The van der Waals surface area contributed by atoms with E-state index in [-0.39, 0.29) is 0 Å². The second-order valence-electron chi connectivity index (χ2n) is 7.06. The van der Waals surface area contributed by atoms with E-state index in [0.29, 0.717) is 0 Å². The van der Waals surface area contributed by atoms with Crippen molar-refractivity contribution in [1.82, 2.24) is 0 Å². The van der Waals surface area contributed by atoms with Gasteiger partial charge in [0, 0.05) is 0 Å². The summed E-state index contributed by atoms with van der Waals surface area (Å²) in [5, 5.41) is 0. The fourth-order valence-corrected chi connectivity index (χ4v) is 3.47. The molecule has 0 aromatic carbocycles. The molecule has 0 N–H and O–H groups in total. The van der Waals surface area contributed by atoms with Crippen LogP contribution in [0.15, 0.2) is 0 Å². The number of hydrogen-bond donors (Lipinski definition) is 0. The zero-order valence-electron chi connectivity index (χ0n) is 14.7. The van der Waals surface area contributed by atoms with E-state index in [1.165, 1.54) is 0 Å². The summed E-state index contributed by atoms with van der Waals surface area (Å²) in [7, 11) is -3.63. The first kappa shape index (κ1) is 20.1. The highest BCUT2D eigenvalue weighted by molar-refractivity contribution is 7.48. The molecule has 0 heterocycles. The number of phosphoric ester groups is 1. The lowest BCUT2D eigenvalue weighted by Gasteiger charge is -2.37. The van der Waals surface area contributed by atoms with Gasteiger partial charge in [-0.1, -0.05) is 20.8 Å². The van der Waals surface area contributed by atoms with E-state index in [0.717, 1.165) is 19.3 Å². The monoisotopic (exact) mass is 308 g/mol. The molecule has 0 aliphatic heterocycles. The molecule has 0 aromatic heterocycles. The Labute approximate surface area is 125 Å². The Kier molecular flexibility index (Phi) is 6.95. The molecule has 0 fully saturated rings. The van der Waals surface area contributed by atoms with Crippen molar-refractivity contribution in [3.8, 4) is 0 Å². The van der Waals surface area contributed by atoms with Crippen molar-refractivity contribution in [2.75, 3.05) is 0 Å². The summed E-state index contributed by atoms with van der Waals surface area (Å²) in [6, 6.07) is 0. The van der Waals surface area contributed by atoms with Gasteiger partial charge in [-0.3, -0.25) is 13.6 Å². The Morgan fingerprint density at radius 1 is 0.650 bits per heavy atom. The smallest absolute Gasteiger partial charge is 0.281 e. The van der Waals surface area contributed by atoms with Crippen molar-refractivity contribution in [2.45, 2.75) is 98.4 Å². The van der Waals surface area contributed by atoms with E-state index < -0.39 is 24.6 Å². The molecule has 0 atom stereocenters. The molecule has 5 heteroatoms. The second-order valence-corrected chi connectivity index (χ2v) is 8.50. The van der Waals surface area contributed by atoms with Gasteiger partial charge in [0.15, 0.2) is 0 Å². The molecular formula is C15H33O4P. The first-order chi connectivity index (χ1) is 8.80. The maximum Gasteiger partial charge on any atom is 0.476 e. The summed E-state index contributed by atoms with van der Waals surface area (Å²) in [6.45, 7) is 17.3. The van der Waals surface area contributed by atoms with E-state index >= 15 is 0 Å². The highest BCUT2D eigenvalue weighted by Crippen LogP contribution is 2.58. The van der Waals surface area contributed by atoms with Crippen LogP contribution in [0.2, 0.25) is 0 Å². The van der Waals surface area contributed by atoms with Crippen molar-refractivity contribution >= 4 is 7.82 Å². The van der Waals surface area contributed by atoms with Gasteiger partial charge in [-0.2, -0.15) is 0 Å². The summed E-state index contributed by atoms with van der Waals surface area (Å²) < 4.78 is 30.4. The van der Waals surface area contributed by atoms with Crippen molar-refractivity contribution in [1.29, 1.82) is 0 Å². The summed E-state index contributed by atoms with van der Waals surface area (Å²) in [5.74, 6) is 0. The first-order valence-corrected chi connectivity index (χ1v) is 8.99. The summed E-state index contributed by atoms with van der Waals surface area (Å²) in [6.07, 6.45) is 2.18. The second kappa shape index (κ2) is 6.91. The van der Waals surface area contributed by atoms with Gasteiger partial charge in [-0.25, -0.2) is 4.57 Å². The van der Waals surface area contributed by atoms with Crippen LogP contribution < -0.4 is 0 Å². The summed E-state index contributed by atoms with van der Waals surface area (Å²) >= 11 is 0. The largest absolute Gasteiger partial charge is 0.476 e. The highest BCUT2D eigenvalue weighted by atomic mass is 31.2. The average molecular weight is 308 g/mol. The lowest BCUT2D eigenvalue weighted by molar-refractivity contribution is -0.0436. The van der Waals surface area contributed by atoms with Crippen LogP contribution in [0.25, 0.3) is 0 Å². The normalized spacial score (nSPS) is 14.7. The van der Waals surface area contributed by atoms with Crippen molar-refractivity contribution in [2.24, 2.45) is 0 Å². The standard InChI is InChI=1S/C15H33O4P/c1-10-13(4,5)17-20(16,18-14(6,7)11-2)19-15(8,9)12-3/h10-12H2,1-9H3. The highest BCUT2D eigenvalue weighted by Gasteiger charge is 2.42. The van der Waals surface area contributed by atoms with Crippen LogP contribution in [0.1, 0.15) is 81.6 Å². The van der Waals surface area contributed by atoms with Crippen LogP contribution >= 0.6 is 7.82 Å². The Hall–Kier alpha value is 0.110. The Morgan fingerprint density at radius 3 is 1.00 bits per heavy atom. The molecule has 0 aliphatic rings. The topological polar surface area (TPSA) is 44.8 Å². The molecule has 0 aromatic rings. The van der Waals surface area contributed by atoms with Gasteiger partial charge < -0.3 is 0 Å². The minimum Gasteiger partial charge on any atom is -0.281 e. The third kappa shape index (κ3) is 7.21. The lowest BCUT2D eigenvalue weighted by atomic mass is 10.1. The molecule has 0 bridgehead atoms. The van der Waals surface area contributed by atoms with Crippen molar-refractivity contribution < 1.29 is 18.1 Å². The predicted octanol–water partition coefficient (Wildman–Crippen LogP) is 5.71. The van der Waals surface area contributed by atoms with E-state index in [4.69, 9.17) is 13.6 Å². The van der Waals surface area contributed by atoms with Gasteiger partial charge in [0.2, 0.25) is 0 Å². The Morgan fingerprint density at radius 2 is 0.850 bits per heavy atom. The SMILES string of the molecule is CCC(C)(C)OP(=O)(OC(C)(C)CC)OC(C)(C)CC. The quantitative estimate of drug-likeness (QED) is 0.512. The lowest BCUT2D eigenvalue weighted by Crippen LogP contribution is -2.31. The molecule has 122 valence electrons. The average Bonchev–Trinajstić information content (AvgIpc) is 2.26. The minimum atomic E-state index is -3.63. The molecule has 0 spiro atoms. The molecular weight excluding hydrogens is 275 g/mol. The van der Waals surface area contributed by atoms with Gasteiger partial charge in [0.1, 0.15) is 0 Å². The van der Waals surface area contributed by atoms with E-state index in [9.17, 15) is 4.57 Å². The van der Waals surface area contributed by atoms with Gasteiger partial charge in [0.25, 0.3) is 0 Å². The van der Waals surface area contributed by atoms with Crippen LogP contribution in [-0.4, -0.2) is 16.8 Å². The maximum atomic E-state index is 13.1. The molecule has 0 amide bonds. The zero-order valence-corrected chi connectivity index (χ0v) is 15.6. The molecule has 20 heavy (non-hydrogen) atoms. The van der Waals surface area contributed by atoms with Crippen LogP contribution in [-0.2, 0) is 18.1 Å². The molecule has 0 saturated heterocycles. The van der Waals surface area contributed by atoms with Crippen molar-refractivity contribution in [3.63, 3.8) is 0 Å². The molecule has 0 unspecified atom stereocenters. The van der Waals surface area contributed by atoms with Gasteiger partial charge >= 0.3 is 7.82 Å². The molecule has 4 nitrogen and oxygen atoms in total. The third-order valence-corrected chi connectivity index (χ3v) is 5.78. The number of rotatable bonds is 9. The number of phosphoric acid groups is 1. The summed E-state index contributed by atoms with van der Waals surface area (Å²) in [5.41, 5.74) is -1.66. The van der Waals surface area contributed by atoms with E-state index in [1.807, 2.05) is 62.3 Å². The fourth-order valence-electron chi connectivity index (χ4n) is 1.16. The fraction of sp³-hybridized carbons (Fsp3) is 1.00. The molecule has 0 rings (SSSR count). The van der Waals surface area contributed by atoms with E-state index in [1.54, 1.807) is 0 Å². The Bertz CT molecular complexity index is 295. The Balaban J connectivity index is 5.29. The first-order valence-electron chi connectivity index (χ1n) is 7.52. The van der Waals surface area contributed by atoms with Crippen LogP contribution in [0.4, 0.5) is 0 Å². The van der Waals surface area contributed by atoms with Crippen LogP contribution in [0, 0.1) is 0 Å². The van der Waals surface area contributed by atoms with Gasteiger partial charge in [-0.05, 0) is 60.8 Å². The summed E-state index contributed by atoms with van der Waals surface area (Å²) in [4.78, 5) is 0. The van der Waals surface area contributed by atoms with E-state index in [2.05, 4.69) is 0 Å². The van der Waals surface area contributed by atoms with Crippen molar-refractivity contribution in [3.05, 3.63) is 0 Å². The molecule has 0 aliphatic carbocycles. The van der Waals surface area contributed by atoms with Gasteiger partial charge in [-0.15, -0.1) is 0 Å². The number of hydrogen-bond acceptors (Lipinski definition) is 4. The maximum absolute atomic E-state index is 13.1. The van der Waals surface area contributed by atoms with Crippen LogP contribution in [0.5, 0.6) is 0 Å². The predicted molar refractivity (Wildman–Crippen MR) is 84.0 cm³/mol. The third-order valence-electron chi connectivity index (χ3n) is 3.63. The molecule has 0 radical (unpaired) electrons. The molecule has 0 saturated carbocycles. The minimum absolute atomic E-state index is 0.552.